The summed E-state index contributed by atoms with van der Waals surface area (Å²) in [6.45, 7) is 12.6. The van der Waals surface area contributed by atoms with E-state index in [-0.39, 0.29) is 12.6 Å². The normalized spacial score (nSPS) is 13.5. The third-order valence-corrected chi connectivity index (χ3v) is 2.27. The van der Waals surface area contributed by atoms with Crippen LogP contribution in [0.4, 0.5) is 9.59 Å². The number of hydrogen-bond acceptors (Lipinski definition) is 5. The largest absolute Gasteiger partial charge is 0.443 e. The summed E-state index contributed by atoms with van der Waals surface area (Å²) in [6.07, 6.45) is -0.0685. The number of nitrogens with two attached hydrogens (primary N) is 1. The molecule has 0 bridgehead atoms. The number of rotatable bonds is 4. The first-order valence-corrected chi connectivity index (χ1v) is 7.31. The smallest absolute Gasteiger partial charge is 0.419 e. The maximum absolute atomic E-state index is 12.1. The number of ether oxygens (including phenoxy) is 2. The zero-order valence-electron chi connectivity index (χ0n) is 14.4. The molecule has 21 heavy (non-hydrogen) atoms. The summed E-state index contributed by atoms with van der Waals surface area (Å²) in [5.41, 5.74) is 4.35. The van der Waals surface area contributed by atoms with E-state index in [0.29, 0.717) is 12.8 Å². The predicted octanol–water partition coefficient (Wildman–Crippen LogP) is 3.29. The second-order valence-electron chi connectivity index (χ2n) is 7.23. The Labute approximate surface area is 127 Å². The SMILES string of the molecule is CC(N)CCCN(C(=O)OC(C)(C)C)C(=O)OC(C)(C)C. The van der Waals surface area contributed by atoms with E-state index >= 15 is 0 Å². The first-order chi connectivity index (χ1) is 9.32. The molecule has 0 radical (unpaired) electrons. The molecule has 0 aliphatic rings. The molecule has 0 fully saturated rings. The lowest BCUT2D eigenvalue weighted by Crippen LogP contribution is -2.44. The molecule has 0 heterocycles. The molecule has 0 saturated carbocycles. The van der Waals surface area contributed by atoms with Gasteiger partial charge in [0, 0.05) is 12.6 Å². The van der Waals surface area contributed by atoms with Crippen molar-refractivity contribution in [2.45, 2.75) is 78.6 Å². The van der Waals surface area contributed by atoms with Gasteiger partial charge in [-0.1, -0.05) is 0 Å². The highest BCUT2D eigenvalue weighted by molar-refractivity contribution is 5.88. The van der Waals surface area contributed by atoms with E-state index in [1.165, 1.54) is 0 Å². The lowest BCUT2D eigenvalue weighted by molar-refractivity contribution is 0.00113. The lowest BCUT2D eigenvalue weighted by Gasteiger charge is -2.28. The van der Waals surface area contributed by atoms with E-state index in [2.05, 4.69) is 0 Å². The van der Waals surface area contributed by atoms with E-state index < -0.39 is 23.4 Å². The Balaban J connectivity index is 4.83. The van der Waals surface area contributed by atoms with Crippen molar-refractivity contribution < 1.29 is 19.1 Å². The van der Waals surface area contributed by atoms with Crippen molar-refractivity contribution in [1.29, 1.82) is 0 Å². The average Bonchev–Trinajstić information content (AvgIpc) is 2.18. The van der Waals surface area contributed by atoms with Gasteiger partial charge in [-0.15, -0.1) is 0 Å². The fourth-order valence-electron chi connectivity index (χ4n) is 1.46. The van der Waals surface area contributed by atoms with Gasteiger partial charge in [0.05, 0.1) is 0 Å². The van der Waals surface area contributed by atoms with Crippen molar-refractivity contribution in [3.05, 3.63) is 0 Å². The molecule has 0 aliphatic carbocycles. The molecule has 0 spiro atoms. The molecule has 6 nitrogen and oxygen atoms in total. The van der Waals surface area contributed by atoms with Crippen LogP contribution in [0.1, 0.15) is 61.3 Å². The summed E-state index contributed by atoms with van der Waals surface area (Å²) in [5.74, 6) is 0. The van der Waals surface area contributed by atoms with Crippen LogP contribution in [0.25, 0.3) is 0 Å². The van der Waals surface area contributed by atoms with E-state index in [1.807, 2.05) is 6.92 Å². The van der Waals surface area contributed by atoms with Crippen LogP contribution in [0.15, 0.2) is 0 Å². The third kappa shape index (κ3) is 10.1. The molecule has 2 N–H and O–H groups in total. The Morgan fingerprint density at radius 1 is 1.00 bits per heavy atom. The van der Waals surface area contributed by atoms with Crippen molar-refractivity contribution in [3.8, 4) is 0 Å². The standard InChI is InChI=1S/C15H30N2O4/c1-11(16)9-8-10-17(12(18)20-14(2,3)4)13(19)21-15(5,6)7/h11H,8-10,16H2,1-7H3. The Hall–Kier alpha value is -1.30. The van der Waals surface area contributed by atoms with Gasteiger partial charge >= 0.3 is 12.2 Å². The van der Waals surface area contributed by atoms with Crippen molar-refractivity contribution >= 4 is 12.2 Å². The molecule has 0 saturated heterocycles. The molecule has 2 amide bonds. The van der Waals surface area contributed by atoms with Gasteiger partial charge < -0.3 is 15.2 Å². The minimum atomic E-state index is -0.693. The van der Waals surface area contributed by atoms with E-state index in [1.54, 1.807) is 41.5 Å². The zero-order valence-corrected chi connectivity index (χ0v) is 14.4. The van der Waals surface area contributed by atoms with Gasteiger partial charge in [-0.3, -0.25) is 0 Å². The first-order valence-electron chi connectivity index (χ1n) is 7.31. The van der Waals surface area contributed by atoms with Crippen molar-refractivity contribution in [2.75, 3.05) is 6.54 Å². The minimum absolute atomic E-state index is 0.0177. The molecular weight excluding hydrogens is 272 g/mol. The molecule has 0 aromatic heterocycles. The second kappa shape index (κ2) is 7.64. The fourth-order valence-corrected chi connectivity index (χ4v) is 1.46. The van der Waals surface area contributed by atoms with Gasteiger partial charge in [-0.05, 0) is 61.3 Å². The summed E-state index contributed by atoms with van der Waals surface area (Å²) >= 11 is 0. The van der Waals surface area contributed by atoms with Gasteiger partial charge in [0.1, 0.15) is 11.2 Å². The van der Waals surface area contributed by atoms with Gasteiger partial charge in [0.15, 0.2) is 0 Å². The van der Waals surface area contributed by atoms with E-state index in [4.69, 9.17) is 15.2 Å². The van der Waals surface area contributed by atoms with Crippen LogP contribution in [0.5, 0.6) is 0 Å². The molecule has 0 rings (SSSR count). The zero-order chi connectivity index (χ0) is 16.8. The van der Waals surface area contributed by atoms with Crippen LogP contribution in [-0.2, 0) is 9.47 Å². The molecule has 1 unspecified atom stereocenters. The second-order valence-corrected chi connectivity index (χ2v) is 7.23. The molecule has 1 atom stereocenters. The number of imide groups is 1. The summed E-state index contributed by atoms with van der Waals surface area (Å²) in [6, 6.07) is 0.0177. The topological polar surface area (TPSA) is 81.9 Å². The average molecular weight is 302 g/mol. The Morgan fingerprint density at radius 3 is 1.67 bits per heavy atom. The van der Waals surface area contributed by atoms with Crippen LogP contribution < -0.4 is 5.73 Å². The highest BCUT2D eigenvalue weighted by Gasteiger charge is 2.30. The summed E-state index contributed by atoms with van der Waals surface area (Å²) in [5, 5.41) is 0. The molecule has 6 heteroatoms. The highest BCUT2D eigenvalue weighted by Crippen LogP contribution is 2.15. The van der Waals surface area contributed by atoms with Crippen LogP contribution >= 0.6 is 0 Å². The van der Waals surface area contributed by atoms with Crippen LogP contribution in [0.3, 0.4) is 0 Å². The Kier molecular flexibility index (Phi) is 7.16. The number of carbonyl (C=O) groups excluding carboxylic acids is 2. The van der Waals surface area contributed by atoms with Gasteiger partial charge in [-0.25, -0.2) is 14.5 Å². The quantitative estimate of drug-likeness (QED) is 0.861. The summed E-state index contributed by atoms with van der Waals surface area (Å²) < 4.78 is 10.5. The first kappa shape index (κ1) is 19.7. The lowest BCUT2D eigenvalue weighted by atomic mass is 10.2. The highest BCUT2D eigenvalue weighted by atomic mass is 16.6. The molecular formula is C15H30N2O4. The van der Waals surface area contributed by atoms with Crippen molar-refractivity contribution in [2.24, 2.45) is 5.73 Å². The third-order valence-electron chi connectivity index (χ3n) is 2.27. The van der Waals surface area contributed by atoms with E-state index in [0.717, 1.165) is 4.90 Å². The molecule has 0 aliphatic heterocycles. The van der Waals surface area contributed by atoms with Crippen molar-refractivity contribution in [3.63, 3.8) is 0 Å². The Bertz CT molecular complexity index is 326. The number of carbonyl (C=O) groups is 2. The van der Waals surface area contributed by atoms with Crippen molar-refractivity contribution in [1.82, 2.24) is 4.90 Å². The molecule has 0 aromatic carbocycles. The van der Waals surface area contributed by atoms with E-state index in [9.17, 15) is 9.59 Å². The monoisotopic (exact) mass is 302 g/mol. The maximum atomic E-state index is 12.1. The summed E-state index contributed by atoms with van der Waals surface area (Å²) in [7, 11) is 0. The van der Waals surface area contributed by atoms with Crippen LogP contribution in [0.2, 0.25) is 0 Å². The minimum Gasteiger partial charge on any atom is -0.443 e. The van der Waals surface area contributed by atoms with Crippen LogP contribution in [0, 0.1) is 0 Å². The number of amides is 2. The Morgan fingerprint density at radius 2 is 1.38 bits per heavy atom. The van der Waals surface area contributed by atoms with Gasteiger partial charge in [-0.2, -0.15) is 0 Å². The fraction of sp³-hybridized carbons (Fsp3) is 0.867. The van der Waals surface area contributed by atoms with Gasteiger partial charge in [0.2, 0.25) is 0 Å². The number of nitrogens with zero attached hydrogens (tertiary/aromatic N) is 1. The molecule has 124 valence electrons. The predicted molar refractivity (Wildman–Crippen MR) is 82.1 cm³/mol. The molecule has 0 aromatic rings. The maximum Gasteiger partial charge on any atom is 0.419 e. The van der Waals surface area contributed by atoms with Gasteiger partial charge in [0.25, 0.3) is 0 Å². The summed E-state index contributed by atoms with van der Waals surface area (Å²) in [4.78, 5) is 25.3. The van der Waals surface area contributed by atoms with Crippen LogP contribution in [-0.4, -0.2) is 40.9 Å². The number of hydrogen-bond donors (Lipinski definition) is 1.